The zero-order valence-electron chi connectivity index (χ0n) is 13.5. The van der Waals surface area contributed by atoms with Crippen molar-refractivity contribution in [1.82, 2.24) is 10.2 Å². The Kier molecular flexibility index (Phi) is 9.55. The van der Waals surface area contributed by atoms with Gasteiger partial charge in [0.15, 0.2) is 0 Å². The average molecular weight is 333 g/mol. The predicted molar refractivity (Wildman–Crippen MR) is 96.8 cm³/mol. The number of nitrogens with one attached hydrogen (secondary N) is 1. The zero-order valence-corrected chi connectivity index (χ0v) is 15.1. The zero-order chi connectivity index (χ0) is 13.7. The van der Waals surface area contributed by atoms with Gasteiger partial charge in [-0.05, 0) is 71.3 Å². The van der Waals surface area contributed by atoms with E-state index < -0.39 is 0 Å². The maximum atomic E-state index is 3.28. The van der Waals surface area contributed by atoms with E-state index in [0.29, 0.717) is 0 Å². The Labute approximate surface area is 142 Å². The Morgan fingerprint density at radius 1 is 1.10 bits per heavy atom. The van der Waals surface area contributed by atoms with Gasteiger partial charge in [-0.25, -0.2) is 0 Å². The summed E-state index contributed by atoms with van der Waals surface area (Å²) < 4.78 is 0. The first-order chi connectivity index (χ1) is 9.19. The van der Waals surface area contributed by atoms with Crippen molar-refractivity contribution in [2.45, 2.75) is 37.6 Å². The highest BCUT2D eigenvalue weighted by molar-refractivity contribution is 5.85. The summed E-state index contributed by atoms with van der Waals surface area (Å²) in [4.78, 5) is 2.44. The molecule has 0 amide bonds. The number of rotatable bonds is 5. The minimum atomic E-state index is 0. The van der Waals surface area contributed by atoms with Crippen molar-refractivity contribution < 1.29 is 0 Å². The molecule has 1 aliphatic rings. The normalized spacial score (nSPS) is 25.0. The third-order valence-corrected chi connectivity index (χ3v) is 4.90. The molecule has 21 heavy (non-hydrogen) atoms. The van der Waals surface area contributed by atoms with Gasteiger partial charge < -0.3 is 5.32 Å². The van der Waals surface area contributed by atoms with Crippen LogP contribution >= 0.6 is 24.8 Å². The molecular weight excluding hydrogens is 303 g/mol. The Hall–Kier alpha value is -0.280. The van der Waals surface area contributed by atoms with Gasteiger partial charge in [-0.15, -0.1) is 24.8 Å². The third-order valence-electron chi connectivity index (χ3n) is 4.90. The summed E-state index contributed by atoms with van der Waals surface area (Å²) in [6, 6.07) is 11.1. The maximum absolute atomic E-state index is 3.28. The smallest absolute Gasteiger partial charge is 0.0455 e. The monoisotopic (exact) mass is 332 g/mol. The topological polar surface area (TPSA) is 15.3 Å². The van der Waals surface area contributed by atoms with E-state index in [1.165, 1.54) is 37.7 Å². The lowest BCUT2D eigenvalue weighted by Crippen LogP contribution is -2.44. The molecule has 4 heteroatoms. The van der Waals surface area contributed by atoms with Gasteiger partial charge in [0.2, 0.25) is 0 Å². The molecule has 0 unspecified atom stereocenters. The fourth-order valence-corrected chi connectivity index (χ4v) is 3.53. The molecule has 0 bridgehead atoms. The van der Waals surface area contributed by atoms with Gasteiger partial charge in [-0.3, -0.25) is 4.90 Å². The average Bonchev–Trinajstić information content (AvgIpc) is 2.46. The van der Waals surface area contributed by atoms with Crippen molar-refractivity contribution in [3.63, 3.8) is 0 Å². The fraction of sp³-hybridized carbons (Fsp3) is 0.647. The van der Waals surface area contributed by atoms with Crippen LogP contribution in [0.3, 0.4) is 0 Å². The van der Waals surface area contributed by atoms with Crippen molar-refractivity contribution in [2.75, 3.05) is 27.7 Å². The van der Waals surface area contributed by atoms with Crippen molar-refractivity contribution in [2.24, 2.45) is 5.92 Å². The number of halogens is 2. The van der Waals surface area contributed by atoms with Gasteiger partial charge in [0.1, 0.15) is 0 Å². The van der Waals surface area contributed by atoms with E-state index >= 15 is 0 Å². The largest absolute Gasteiger partial charge is 0.320 e. The molecule has 1 N–H and O–H groups in total. The van der Waals surface area contributed by atoms with Crippen LogP contribution in [0.4, 0.5) is 0 Å². The van der Waals surface area contributed by atoms with Gasteiger partial charge in [0, 0.05) is 5.54 Å². The van der Waals surface area contributed by atoms with Crippen LogP contribution < -0.4 is 5.32 Å². The van der Waals surface area contributed by atoms with Gasteiger partial charge in [0.05, 0.1) is 0 Å². The van der Waals surface area contributed by atoms with Crippen LogP contribution in [0.2, 0.25) is 0 Å². The highest BCUT2D eigenvalue weighted by atomic mass is 35.5. The minimum absolute atomic E-state index is 0. The molecule has 0 spiro atoms. The maximum Gasteiger partial charge on any atom is 0.0455 e. The third kappa shape index (κ3) is 4.85. The standard InChI is InChI=1S/C17H28N2.2ClH/c1-18-14-11-15-9-12-17(13-10-15,19(2)3)16-7-5-4-6-8-16;;/h4-8,15,18H,9-14H2,1-3H3;2*1H. The fourth-order valence-electron chi connectivity index (χ4n) is 3.53. The molecule has 0 saturated heterocycles. The van der Waals surface area contributed by atoms with Gasteiger partial charge in [-0.2, -0.15) is 0 Å². The van der Waals surface area contributed by atoms with Gasteiger partial charge in [0.25, 0.3) is 0 Å². The minimum Gasteiger partial charge on any atom is -0.320 e. The highest BCUT2D eigenvalue weighted by Gasteiger charge is 2.38. The van der Waals surface area contributed by atoms with Crippen LogP contribution in [0, 0.1) is 5.92 Å². The van der Waals surface area contributed by atoms with Crippen LogP contribution in [0.5, 0.6) is 0 Å². The molecule has 0 aromatic heterocycles. The molecular formula is C17H30Cl2N2. The molecule has 1 aromatic carbocycles. The lowest BCUT2D eigenvalue weighted by atomic mass is 9.71. The van der Waals surface area contributed by atoms with Gasteiger partial charge in [-0.1, -0.05) is 30.3 Å². The van der Waals surface area contributed by atoms with Crippen LogP contribution in [0.15, 0.2) is 30.3 Å². The predicted octanol–water partition coefficient (Wildman–Crippen LogP) is 4.09. The molecule has 122 valence electrons. The SMILES string of the molecule is CNCCC1CCC(c2ccccc2)(N(C)C)CC1.Cl.Cl. The lowest BCUT2D eigenvalue weighted by molar-refractivity contribution is 0.0754. The van der Waals surface area contributed by atoms with Gasteiger partial charge >= 0.3 is 0 Å². The van der Waals surface area contributed by atoms with Crippen molar-refractivity contribution >= 4 is 24.8 Å². The Morgan fingerprint density at radius 3 is 2.14 bits per heavy atom. The summed E-state index contributed by atoms with van der Waals surface area (Å²) in [6.45, 7) is 1.16. The quantitative estimate of drug-likeness (QED) is 0.873. The highest BCUT2D eigenvalue weighted by Crippen LogP contribution is 2.43. The van der Waals surface area contributed by atoms with E-state index in [2.05, 4.69) is 61.7 Å². The Morgan fingerprint density at radius 2 is 1.67 bits per heavy atom. The van der Waals surface area contributed by atoms with E-state index in [4.69, 9.17) is 0 Å². The van der Waals surface area contributed by atoms with E-state index in [-0.39, 0.29) is 30.4 Å². The van der Waals surface area contributed by atoms with Crippen LogP contribution in [-0.4, -0.2) is 32.6 Å². The molecule has 1 aromatic rings. The molecule has 0 heterocycles. The molecule has 2 rings (SSSR count). The van der Waals surface area contributed by atoms with E-state index in [1.54, 1.807) is 0 Å². The molecule has 1 saturated carbocycles. The summed E-state index contributed by atoms with van der Waals surface area (Å²) in [5.41, 5.74) is 1.75. The molecule has 0 radical (unpaired) electrons. The van der Waals surface area contributed by atoms with E-state index in [1.807, 2.05) is 0 Å². The first-order valence-electron chi connectivity index (χ1n) is 7.56. The van der Waals surface area contributed by atoms with Crippen molar-refractivity contribution in [3.8, 4) is 0 Å². The van der Waals surface area contributed by atoms with Crippen LogP contribution in [0.25, 0.3) is 0 Å². The number of hydrogen-bond acceptors (Lipinski definition) is 2. The number of hydrogen-bond donors (Lipinski definition) is 1. The summed E-state index contributed by atoms with van der Waals surface area (Å²) in [5.74, 6) is 0.907. The number of benzene rings is 1. The molecule has 2 nitrogen and oxygen atoms in total. The first-order valence-corrected chi connectivity index (χ1v) is 7.56. The molecule has 1 aliphatic carbocycles. The Bertz CT molecular complexity index is 374. The summed E-state index contributed by atoms with van der Waals surface area (Å²) in [6.07, 6.45) is 6.62. The van der Waals surface area contributed by atoms with Crippen molar-refractivity contribution in [1.29, 1.82) is 0 Å². The van der Waals surface area contributed by atoms with Crippen LogP contribution in [0.1, 0.15) is 37.7 Å². The van der Waals surface area contributed by atoms with Crippen molar-refractivity contribution in [3.05, 3.63) is 35.9 Å². The first kappa shape index (κ1) is 20.7. The second-order valence-electron chi connectivity index (χ2n) is 6.13. The molecule has 1 fully saturated rings. The second-order valence-corrected chi connectivity index (χ2v) is 6.13. The Balaban J connectivity index is 0.00000200. The summed E-state index contributed by atoms with van der Waals surface area (Å²) in [7, 11) is 6.53. The molecule has 0 aliphatic heterocycles. The van der Waals surface area contributed by atoms with Crippen LogP contribution in [-0.2, 0) is 5.54 Å². The molecule has 0 atom stereocenters. The van der Waals surface area contributed by atoms with E-state index in [9.17, 15) is 0 Å². The second kappa shape index (κ2) is 9.68. The van der Waals surface area contributed by atoms with E-state index in [0.717, 1.165) is 12.5 Å². The summed E-state index contributed by atoms with van der Waals surface area (Å²) in [5, 5.41) is 3.28. The summed E-state index contributed by atoms with van der Waals surface area (Å²) >= 11 is 0. The lowest BCUT2D eigenvalue weighted by Gasteiger charge is -2.45. The number of nitrogens with zero attached hydrogens (tertiary/aromatic N) is 1.